The van der Waals surface area contributed by atoms with Gasteiger partial charge in [-0.3, -0.25) is 0 Å². The van der Waals surface area contributed by atoms with E-state index in [9.17, 15) is 5.11 Å². The summed E-state index contributed by atoms with van der Waals surface area (Å²) >= 11 is 6.02. The molecule has 0 aromatic heterocycles. The van der Waals surface area contributed by atoms with Gasteiger partial charge in [-0.15, -0.1) is 0 Å². The fourth-order valence-corrected chi connectivity index (χ4v) is 1.83. The number of nitrogens with two attached hydrogens (primary N) is 1. The Kier molecular flexibility index (Phi) is 3.11. The van der Waals surface area contributed by atoms with E-state index in [4.69, 9.17) is 26.8 Å². The molecule has 1 aromatic carbocycles. The van der Waals surface area contributed by atoms with Crippen molar-refractivity contribution in [2.24, 2.45) is 5.73 Å². The summed E-state index contributed by atoms with van der Waals surface area (Å²) in [7, 11) is 0. The van der Waals surface area contributed by atoms with Crippen LogP contribution in [0.25, 0.3) is 0 Å². The number of benzene rings is 1. The van der Waals surface area contributed by atoms with E-state index in [0.717, 1.165) is 5.56 Å². The summed E-state index contributed by atoms with van der Waals surface area (Å²) in [5.41, 5.74) is 6.91. The summed E-state index contributed by atoms with van der Waals surface area (Å²) in [4.78, 5) is 0. The Bertz CT molecular complexity index is 370. The minimum absolute atomic E-state index is 0.164. The Hall–Kier alpha value is -0.810. The fraction of sp³-hybridized carbons (Fsp3) is 0.400. The third-order valence-electron chi connectivity index (χ3n) is 2.30. The molecule has 0 saturated heterocycles. The average Bonchev–Trinajstić information content (AvgIpc) is 2.28. The van der Waals surface area contributed by atoms with Crippen LogP contribution in [0.1, 0.15) is 17.2 Å². The molecule has 5 heteroatoms. The lowest BCUT2D eigenvalue weighted by Crippen LogP contribution is -2.15. The molecule has 0 fully saturated rings. The van der Waals surface area contributed by atoms with Gasteiger partial charge >= 0.3 is 0 Å². The first-order valence-electron chi connectivity index (χ1n) is 4.63. The first-order valence-corrected chi connectivity index (χ1v) is 5.01. The first kappa shape index (κ1) is 10.7. The highest BCUT2D eigenvalue weighted by atomic mass is 35.5. The van der Waals surface area contributed by atoms with Crippen LogP contribution in [0.3, 0.4) is 0 Å². The van der Waals surface area contributed by atoms with Crippen molar-refractivity contribution in [3.8, 4) is 5.75 Å². The van der Waals surface area contributed by atoms with E-state index in [1.165, 1.54) is 0 Å². The van der Waals surface area contributed by atoms with Crippen molar-refractivity contribution in [3.63, 3.8) is 0 Å². The molecule has 0 aliphatic carbocycles. The molecular formula is C10H12ClNO3. The van der Waals surface area contributed by atoms with Gasteiger partial charge in [0.15, 0.2) is 6.79 Å². The zero-order chi connectivity index (χ0) is 10.8. The van der Waals surface area contributed by atoms with Crippen molar-refractivity contribution in [2.45, 2.75) is 12.7 Å². The molecule has 3 N–H and O–H groups in total. The van der Waals surface area contributed by atoms with Crippen LogP contribution in [0.15, 0.2) is 12.1 Å². The van der Waals surface area contributed by atoms with E-state index in [1.54, 1.807) is 12.1 Å². The van der Waals surface area contributed by atoms with Crippen molar-refractivity contribution in [1.29, 1.82) is 0 Å². The quantitative estimate of drug-likeness (QED) is 0.800. The summed E-state index contributed by atoms with van der Waals surface area (Å²) in [6.07, 6.45) is -0.699. The molecule has 0 saturated carbocycles. The molecule has 1 aromatic rings. The zero-order valence-electron chi connectivity index (χ0n) is 8.07. The lowest BCUT2D eigenvalue weighted by Gasteiger charge is -2.20. The maximum atomic E-state index is 9.59. The fourth-order valence-electron chi connectivity index (χ4n) is 1.52. The highest BCUT2D eigenvalue weighted by Gasteiger charge is 2.17. The van der Waals surface area contributed by atoms with Crippen molar-refractivity contribution in [2.75, 3.05) is 13.3 Å². The Morgan fingerprint density at radius 2 is 2.33 bits per heavy atom. The summed E-state index contributed by atoms with van der Waals surface area (Å²) in [5, 5.41) is 10.1. The Balaban J connectivity index is 2.40. The molecule has 0 amide bonds. The van der Waals surface area contributed by atoms with E-state index in [2.05, 4.69) is 0 Å². The summed E-state index contributed by atoms with van der Waals surface area (Å²) in [6.45, 7) is 0.822. The highest BCUT2D eigenvalue weighted by molar-refractivity contribution is 6.32. The maximum absolute atomic E-state index is 9.59. The van der Waals surface area contributed by atoms with E-state index < -0.39 is 6.10 Å². The van der Waals surface area contributed by atoms with Crippen LogP contribution in [-0.4, -0.2) is 18.4 Å². The van der Waals surface area contributed by atoms with Crippen molar-refractivity contribution in [3.05, 3.63) is 28.3 Å². The van der Waals surface area contributed by atoms with Crippen LogP contribution in [0.4, 0.5) is 0 Å². The molecule has 15 heavy (non-hydrogen) atoms. The highest BCUT2D eigenvalue weighted by Crippen LogP contribution is 2.34. The number of hydrogen-bond acceptors (Lipinski definition) is 4. The van der Waals surface area contributed by atoms with Gasteiger partial charge < -0.3 is 20.3 Å². The number of fused-ring (bicyclic) bond motifs is 1. The van der Waals surface area contributed by atoms with Crippen molar-refractivity contribution in [1.82, 2.24) is 0 Å². The molecule has 1 heterocycles. The Labute approximate surface area is 92.5 Å². The van der Waals surface area contributed by atoms with Gasteiger partial charge in [0.25, 0.3) is 0 Å². The lowest BCUT2D eigenvalue weighted by molar-refractivity contribution is -0.0164. The van der Waals surface area contributed by atoms with Gasteiger partial charge in [0.1, 0.15) is 5.75 Å². The average molecular weight is 230 g/mol. The van der Waals surface area contributed by atoms with Crippen molar-refractivity contribution < 1.29 is 14.6 Å². The second kappa shape index (κ2) is 4.37. The van der Waals surface area contributed by atoms with Gasteiger partial charge in [-0.25, -0.2) is 0 Å². The summed E-state index contributed by atoms with van der Waals surface area (Å²) < 4.78 is 10.4. The largest absolute Gasteiger partial charge is 0.466 e. The SMILES string of the molecule is NCC(O)c1cc(Cl)c2c(c1)COCO2. The second-order valence-corrected chi connectivity index (χ2v) is 3.76. The van der Waals surface area contributed by atoms with Gasteiger partial charge in [0.05, 0.1) is 17.7 Å². The molecule has 0 spiro atoms. The van der Waals surface area contributed by atoms with Crippen molar-refractivity contribution >= 4 is 11.6 Å². The normalized spacial score (nSPS) is 16.7. The smallest absolute Gasteiger partial charge is 0.189 e. The number of aliphatic hydroxyl groups is 1. The molecule has 1 aliphatic heterocycles. The molecule has 0 radical (unpaired) electrons. The number of aliphatic hydroxyl groups excluding tert-OH is 1. The molecule has 0 bridgehead atoms. The van der Waals surface area contributed by atoms with E-state index in [0.29, 0.717) is 22.9 Å². The molecule has 1 unspecified atom stereocenters. The van der Waals surface area contributed by atoms with Crippen LogP contribution in [0, 0.1) is 0 Å². The minimum atomic E-state index is -0.699. The number of rotatable bonds is 2. The topological polar surface area (TPSA) is 64.7 Å². The maximum Gasteiger partial charge on any atom is 0.189 e. The predicted molar refractivity (Wildman–Crippen MR) is 55.8 cm³/mol. The van der Waals surface area contributed by atoms with Gasteiger partial charge in [0.2, 0.25) is 0 Å². The number of ether oxygens (including phenoxy) is 2. The van der Waals surface area contributed by atoms with Crippen LogP contribution in [-0.2, 0) is 11.3 Å². The Morgan fingerprint density at radius 3 is 3.07 bits per heavy atom. The van der Waals surface area contributed by atoms with Crippen LogP contribution in [0.2, 0.25) is 5.02 Å². The third kappa shape index (κ3) is 2.08. The second-order valence-electron chi connectivity index (χ2n) is 3.35. The third-order valence-corrected chi connectivity index (χ3v) is 2.58. The first-order chi connectivity index (χ1) is 7.22. The molecular weight excluding hydrogens is 218 g/mol. The molecule has 1 aliphatic rings. The molecule has 82 valence electrons. The van der Waals surface area contributed by atoms with E-state index >= 15 is 0 Å². The van der Waals surface area contributed by atoms with Gasteiger partial charge in [-0.2, -0.15) is 0 Å². The monoisotopic (exact) mass is 229 g/mol. The molecule has 1 atom stereocenters. The minimum Gasteiger partial charge on any atom is -0.466 e. The van der Waals surface area contributed by atoms with Crippen LogP contribution < -0.4 is 10.5 Å². The zero-order valence-corrected chi connectivity index (χ0v) is 8.83. The lowest BCUT2D eigenvalue weighted by atomic mass is 10.1. The van der Waals surface area contributed by atoms with Crippen LogP contribution in [0.5, 0.6) is 5.75 Å². The summed E-state index contributed by atoms with van der Waals surface area (Å²) in [5.74, 6) is 0.635. The van der Waals surface area contributed by atoms with E-state index in [-0.39, 0.29) is 13.3 Å². The van der Waals surface area contributed by atoms with Gasteiger partial charge in [0, 0.05) is 12.1 Å². The molecule has 4 nitrogen and oxygen atoms in total. The Morgan fingerprint density at radius 1 is 1.53 bits per heavy atom. The number of halogens is 1. The standard InChI is InChI=1S/C10H12ClNO3/c11-8-2-6(9(13)3-12)1-7-4-14-5-15-10(7)8/h1-2,9,13H,3-5,12H2. The predicted octanol–water partition coefficient (Wildman–Crippen LogP) is 1.20. The van der Waals surface area contributed by atoms with Crippen LogP contribution >= 0.6 is 11.6 Å². The molecule has 2 rings (SSSR count). The van der Waals surface area contributed by atoms with Gasteiger partial charge in [-0.1, -0.05) is 11.6 Å². The van der Waals surface area contributed by atoms with Gasteiger partial charge in [-0.05, 0) is 17.7 Å². The number of hydrogen-bond donors (Lipinski definition) is 2. The van der Waals surface area contributed by atoms with E-state index in [1.807, 2.05) is 0 Å². The summed E-state index contributed by atoms with van der Waals surface area (Å²) in [6, 6.07) is 3.47.